The summed E-state index contributed by atoms with van der Waals surface area (Å²) in [6.45, 7) is 7.50. The van der Waals surface area contributed by atoms with Crippen molar-refractivity contribution in [2.24, 2.45) is 0 Å². The van der Waals surface area contributed by atoms with Gasteiger partial charge in [-0.1, -0.05) is 32.0 Å². The SMILES string of the molecule is CCCNC(c1ccc2cccnc2c1)C(C)(CC)OC. The predicted octanol–water partition coefficient (Wildman–Crippen LogP) is 4.09. The Bertz CT molecular complexity index is 578. The molecule has 1 aromatic heterocycles. The first-order valence-electron chi connectivity index (χ1n) is 7.77. The molecule has 114 valence electrons. The fraction of sp³-hybridized carbons (Fsp3) is 0.500. The van der Waals surface area contributed by atoms with Crippen LogP contribution in [0.2, 0.25) is 0 Å². The van der Waals surface area contributed by atoms with Crippen molar-refractivity contribution in [2.75, 3.05) is 13.7 Å². The lowest BCUT2D eigenvalue weighted by Crippen LogP contribution is -2.43. The number of nitrogens with one attached hydrogen (secondary N) is 1. The molecular formula is C18H26N2O. The molecule has 1 N–H and O–H groups in total. The maximum Gasteiger partial charge on any atom is 0.0841 e. The monoisotopic (exact) mass is 286 g/mol. The Kier molecular flexibility index (Phi) is 5.32. The molecule has 21 heavy (non-hydrogen) atoms. The molecule has 0 aliphatic rings. The van der Waals surface area contributed by atoms with E-state index >= 15 is 0 Å². The first-order chi connectivity index (χ1) is 10.1. The van der Waals surface area contributed by atoms with Gasteiger partial charge in [0.15, 0.2) is 0 Å². The number of methoxy groups -OCH3 is 1. The molecule has 2 aromatic rings. The van der Waals surface area contributed by atoms with Gasteiger partial charge in [-0.05, 0) is 44.0 Å². The second-order valence-corrected chi connectivity index (χ2v) is 5.71. The maximum absolute atomic E-state index is 5.83. The molecule has 0 fully saturated rings. The van der Waals surface area contributed by atoms with Crippen molar-refractivity contribution in [3.8, 4) is 0 Å². The van der Waals surface area contributed by atoms with Crippen molar-refractivity contribution in [1.82, 2.24) is 10.3 Å². The van der Waals surface area contributed by atoms with Gasteiger partial charge in [-0.2, -0.15) is 0 Å². The van der Waals surface area contributed by atoms with Gasteiger partial charge in [0, 0.05) is 18.7 Å². The molecule has 0 aliphatic carbocycles. The normalized spacial score (nSPS) is 15.8. The topological polar surface area (TPSA) is 34.2 Å². The number of hydrogen-bond acceptors (Lipinski definition) is 3. The smallest absolute Gasteiger partial charge is 0.0841 e. The third kappa shape index (κ3) is 3.42. The van der Waals surface area contributed by atoms with Gasteiger partial charge in [0.25, 0.3) is 0 Å². The molecule has 0 saturated heterocycles. The summed E-state index contributed by atoms with van der Waals surface area (Å²) in [5, 5.41) is 4.81. The van der Waals surface area contributed by atoms with E-state index in [9.17, 15) is 0 Å². The van der Waals surface area contributed by atoms with E-state index in [1.165, 1.54) is 10.9 Å². The highest BCUT2D eigenvalue weighted by Crippen LogP contribution is 2.32. The highest BCUT2D eigenvalue weighted by molar-refractivity contribution is 5.79. The standard InChI is InChI=1S/C18H26N2O/c1-5-11-20-17(18(3,6-2)21-4)15-10-9-14-8-7-12-19-16(14)13-15/h7-10,12-13,17,20H,5-6,11H2,1-4H3. The van der Waals surface area contributed by atoms with E-state index in [1.54, 1.807) is 7.11 Å². The largest absolute Gasteiger partial charge is 0.377 e. The van der Waals surface area contributed by atoms with Crippen molar-refractivity contribution in [3.05, 3.63) is 42.1 Å². The van der Waals surface area contributed by atoms with Crippen LogP contribution in [0.1, 0.15) is 45.2 Å². The van der Waals surface area contributed by atoms with E-state index < -0.39 is 0 Å². The number of nitrogens with zero attached hydrogens (tertiary/aromatic N) is 1. The summed E-state index contributed by atoms with van der Waals surface area (Å²) >= 11 is 0. The first kappa shape index (κ1) is 15.9. The molecule has 2 atom stereocenters. The van der Waals surface area contributed by atoms with E-state index in [-0.39, 0.29) is 11.6 Å². The summed E-state index contributed by atoms with van der Waals surface area (Å²) in [7, 11) is 1.80. The number of ether oxygens (including phenoxy) is 1. The van der Waals surface area contributed by atoms with Gasteiger partial charge in [0.1, 0.15) is 0 Å². The Morgan fingerprint density at radius 3 is 2.76 bits per heavy atom. The second-order valence-electron chi connectivity index (χ2n) is 5.71. The average Bonchev–Trinajstić information content (AvgIpc) is 2.54. The third-order valence-corrected chi connectivity index (χ3v) is 4.34. The van der Waals surface area contributed by atoms with E-state index in [2.05, 4.69) is 55.3 Å². The zero-order valence-corrected chi connectivity index (χ0v) is 13.5. The molecule has 3 heteroatoms. The van der Waals surface area contributed by atoms with Gasteiger partial charge in [0.2, 0.25) is 0 Å². The lowest BCUT2D eigenvalue weighted by atomic mass is 9.87. The van der Waals surface area contributed by atoms with Gasteiger partial charge in [-0.15, -0.1) is 0 Å². The van der Waals surface area contributed by atoms with Crippen molar-refractivity contribution in [3.63, 3.8) is 0 Å². The Hall–Kier alpha value is -1.45. The second kappa shape index (κ2) is 7.01. The van der Waals surface area contributed by atoms with E-state index in [4.69, 9.17) is 4.74 Å². The molecule has 0 amide bonds. The van der Waals surface area contributed by atoms with Gasteiger partial charge in [0.05, 0.1) is 17.2 Å². The highest BCUT2D eigenvalue weighted by atomic mass is 16.5. The molecule has 0 aliphatic heterocycles. The third-order valence-electron chi connectivity index (χ3n) is 4.34. The number of benzene rings is 1. The molecule has 3 nitrogen and oxygen atoms in total. The van der Waals surface area contributed by atoms with Crippen molar-refractivity contribution < 1.29 is 4.74 Å². The van der Waals surface area contributed by atoms with Crippen LogP contribution < -0.4 is 5.32 Å². The van der Waals surface area contributed by atoms with Crippen LogP contribution >= 0.6 is 0 Å². The van der Waals surface area contributed by atoms with Crippen LogP contribution in [0.25, 0.3) is 10.9 Å². The Morgan fingerprint density at radius 1 is 1.29 bits per heavy atom. The van der Waals surface area contributed by atoms with E-state index in [0.29, 0.717) is 0 Å². The van der Waals surface area contributed by atoms with Gasteiger partial charge < -0.3 is 10.1 Å². The zero-order chi connectivity index (χ0) is 15.3. The van der Waals surface area contributed by atoms with Crippen molar-refractivity contribution >= 4 is 10.9 Å². The molecule has 0 bridgehead atoms. The molecule has 2 unspecified atom stereocenters. The number of fused-ring (bicyclic) bond motifs is 1. The van der Waals surface area contributed by atoms with Gasteiger partial charge in [-0.25, -0.2) is 0 Å². The van der Waals surface area contributed by atoms with E-state index in [1.807, 2.05) is 12.3 Å². The van der Waals surface area contributed by atoms with E-state index in [0.717, 1.165) is 24.9 Å². The fourth-order valence-corrected chi connectivity index (χ4v) is 2.70. The van der Waals surface area contributed by atoms with Crippen LogP contribution in [0.3, 0.4) is 0 Å². The molecular weight excluding hydrogens is 260 g/mol. The fourth-order valence-electron chi connectivity index (χ4n) is 2.70. The van der Waals surface area contributed by atoms with Crippen LogP contribution in [0.5, 0.6) is 0 Å². The number of pyridine rings is 1. The predicted molar refractivity (Wildman–Crippen MR) is 88.5 cm³/mol. The average molecular weight is 286 g/mol. The number of aromatic nitrogens is 1. The molecule has 0 saturated carbocycles. The molecule has 1 heterocycles. The van der Waals surface area contributed by atoms with Gasteiger partial charge >= 0.3 is 0 Å². The lowest BCUT2D eigenvalue weighted by molar-refractivity contribution is -0.0299. The highest BCUT2D eigenvalue weighted by Gasteiger charge is 2.33. The Labute approximate surface area is 127 Å². The summed E-state index contributed by atoms with van der Waals surface area (Å²) in [6.07, 6.45) is 3.90. The Morgan fingerprint density at radius 2 is 2.10 bits per heavy atom. The summed E-state index contributed by atoms with van der Waals surface area (Å²) in [4.78, 5) is 4.47. The molecule has 0 spiro atoms. The van der Waals surface area contributed by atoms with Crippen LogP contribution in [0.4, 0.5) is 0 Å². The van der Waals surface area contributed by atoms with Crippen molar-refractivity contribution in [2.45, 2.75) is 45.3 Å². The molecule has 2 rings (SSSR count). The minimum Gasteiger partial charge on any atom is -0.377 e. The summed E-state index contributed by atoms with van der Waals surface area (Å²) in [6, 6.07) is 10.7. The summed E-state index contributed by atoms with van der Waals surface area (Å²) < 4.78 is 5.83. The minimum absolute atomic E-state index is 0.166. The Balaban J connectivity index is 2.42. The van der Waals surface area contributed by atoms with Crippen LogP contribution in [-0.2, 0) is 4.74 Å². The first-order valence-corrected chi connectivity index (χ1v) is 7.77. The summed E-state index contributed by atoms with van der Waals surface area (Å²) in [5.41, 5.74) is 2.05. The molecule has 1 aromatic carbocycles. The summed E-state index contributed by atoms with van der Waals surface area (Å²) in [5.74, 6) is 0. The molecule has 0 radical (unpaired) electrons. The van der Waals surface area contributed by atoms with Crippen LogP contribution in [0.15, 0.2) is 36.5 Å². The number of rotatable bonds is 7. The lowest BCUT2D eigenvalue weighted by Gasteiger charge is -2.37. The maximum atomic E-state index is 5.83. The van der Waals surface area contributed by atoms with Crippen molar-refractivity contribution in [1.29, 1.82) is 0 Å². The van der Waals surface area contributed by atoms with Gasteiger partial charge in [-0.3, -0.25) is 4.98 Å². The zero-order valence-electron chi connectivity index (χ0n) is 13.5. The quantitative estimate of drug-likeness (QED) is 0.832. The minimum atomic E-state index is -0.225. The number of hydrogen-bond donors (Lipinski definition) is 1. The van der Waals surface area contributed by atoms with Crippen LogP contribution in [-0.4, -0.2) is 24.2 Å². The van der Waals surface area contributed by atoms with Crippen LogP contribution in [0, 0.1) is 0 Å².